The van der Waals surface area contributed by atoms with Crippen molar-refractivity contribution in [2.75, 3.05) is 20.0 Å². The number of hydrogen-bond acceptors (Lipinski definition) is 12. The molecule has 0 unspecified atom stereocenters. The van der Waals surface area contributed by atoms with E-state index in [1.165, 1.54) is 22.7 Å². The molecular formula is C18H14MoN8O2S10. The molecule has 0 fully saturated rings. The number of rotatable bonds is 4. The molecule has 0 aromatic carbocycles. The Morgan fingerprint density at radius 3 is 1.33 bits per heavy atom. The second kappa shape index (κ2) is 17.6. The van der Waals surface area contributed by atoms with E-state index in [1.807, 2.05) is 35.0 Å². The fourth-order valence-corrected chi connectivity index (χ4v) is 5.56. The van der Waals surface area contributed by atoms with Crippen LogP contribution in [0.15, 0.2) is 59.8 Å². The predicted octanol–water partition coefficient (Wildman–Crippen LogP) is 5.25. The first kappa shape index (κ1) is 34.0. The zero-order valence-electron chi connectivity index (χ0n) is 18.8. The molecule has 0 saturated heterocycles. The second-order valence-electron chi connectivity index (χ2n) is 6.15. The van der Waals surface area contributed by atoms with Gasteiger partial charge in [-0.2, -0.15) is 0 Å². The quantitative estimate of drug-likeness (QED) is 0.0712. The minimum atomic E-state index is -2.03. The molecule has 0 aliphatic heterocycles. The summed E-state index contributed by atoms with van der Waals surface area (Å²) in [4.78, 5) is 14.5. The molecule has 21 heteroatoms. The van der Waals surface area contributed by atoms with Crippen molar-refractivity contribution in [3.05, 3.63) is 59.8 Å². The zero-order chi connectivity index (χ0) is 28.9. The molecule has 39 heavy (non-hydrogen) atoms. The molecule has 4 heterocycles. The van der Waals surface area contributed by atoms with Crippen LogP contribution in [0.1, 0.15) is 0 Å². The maximum atomic E-state index is 8.50. The number of nitrogens with zero attached hydrogens (tertiary/aromatic N) is 6. The van der Waals surface area contributed by atoms with Gasteiger partial charge in [-0.15, -0.1) is 47.9 Å². The summed E-state index contributed by atoms with van der Waals surface area (Å²) in [7, 11) is 0. The Hall–Kier alpha value is -1.19. The Morgan fingerprint density at radius 2 is 1.13 bits per heavy atom. The summed E-state index contributed by atoms with van der Waals surface area (Å²) < 4.78 is 18.1. The Bertz CT molecular complexity index is 1180. The number of anilines is 4. The van der Waals surface area contributed by atoms with E-state index in [0.717, 1.165) is 11.6 Å². The van der Waals surface area contributed by atoms with Crippen molar-refractivity contribution < 1.29 is 25.3 Å². The number of thiocarbonyl (C=S) groups is 4. The summed E-state index contributed by atoms with van der Waals surface area (Å²) in [6.45, 7) is 0. The van der Waals surface area contributed by atoms with Gasteiger partial charge in [0.05, 0.1) is 0 Å². The first-order valence-electron chi connectivity index (χ1n) is 9.69. The number of thiol groups is 2. The summed E-state index contributed by atoms with van der Waals surface area (Å²) in [5, 5.41) is 11.3. The number of nitrogens with one attached hydrogen (secondary N) is 2. The average molecular weight is 791 g/mol. The molecule has 0 aliphatic carbocycles. The number of thiazole rings is 2. The summed E-state index contributed by atoms with van der Waals surface area (Å²) in [5.41, 5.74) is 0. The third kappa shape index (κ3) is 9.99. The van der Waals surface area contributed by atoms with Crippen molar-refractivity contribution in [3.8, 4) is 0 Å². The van der Waals surface area contributed by atoms with Gasteiger partial charge < -0.3 is 59.7 Å². The van der Waals surface area contributed by atoms with E-state index in [4.69, 9.17) is 80.9 Å². The molecule has 0 aliphatic rings. The summed E-state index contributed by atoms with van der Waals surface area (Å²) in [6, 6.07) is 7.38. The maximum absolute atomic E-state index is 8.50. The molecule has 4 aromatic rings. The van der Waals surface area contributed by atoms with Crippen LogP contribution in [0.5, 0.6) is 0 Å². The van der Waals surface area contributed by atoms with E-state index in [1.54, 1.807) is 44.8 Å². The fourth-order valence-electron chi connectivity index (χ4n) is 2.63. The molecule has 10 nitrogen and oxygen atoms in total. The van der Waals surface area contributed by atoms with E-state index >= 15 is 0 Å². The van der Waals surface area contributed by atoms with Crippen LogP contribution < -0.4 is 20.0 Å². The van der Waals surface area contributed by atoms with Gasteiger partial charge in [0.25, 0.3) is 0 Å². The molecule has 0 radical (unpaired) electrons. The predicted molar refractivity (Wildman–Crippen MR) is 180 cm³/mol. The summed E-state index contributed by atoms with van der Waals surface area (Å²) in [6.07, 6.45) is 6.91. The molecule has 0 spiro atoms. The van der Waals surface area contributed by atoms with Gasteiger partial charge in [0.2, 0.25) is 10.3 Å². The van der Waals surface area contributed by atoms with Crippen LogP contribution in [0.3, 0.4) is 0 Å². The molecular weight excluding hydrogens is 777 g/mol. The fraction of sp³-hybridized carbons (Fsp3) is 0. The minimum absolute atomic E-state index is 0.218. The molecule has 0 atom stereocenters. The van der Waals surface area contributed by atoms with E-state index < -0.39 is 18.5 Å². The van der Waals surface area contributed by atoms with Gasteiger partial charge in [-0.05, 0) is 32.9 Å². The van der Waals surface area contributed by atoms with Crippen LogP contribution in [0, 0.1) is 0 Å². The molecule has 2 N–H and O–H groups in total. The standard InChI is InChI=1S/2C9H8N4S5.Mo.2O/c2*14-8(15)12(6-2-1-3-10-6)13(9(16)17)7-11-4-5-18-7;;;/h2*1-5,10H,(H,14,15)(H,16,17);;;/q;;+2;;/p-2. The monoisotopic (exact) mass is 792 g/mol. The Kier molecular flexibility index (Phi) is 15.3. The van der Waals surface area contributed by atoms with Gasteiger partial charge in [-0.1, -0.05) is 24.4 Å². The number of hydrazine groups is 2. The van der Waals surface area contributed by atoms with Crippen molar-refractivity contribution in [1.29, 1.82) is 0 Å². The molecule has 4 aromatic heterocycles. The average Bonchev–Trinajstić information content (AvgIpc) is 3.70. The van der Waals surface area contributed by atoms with Gasteiger partial charge in [-0.3, -0.25) is 0 Å². The van der Waals surface area contributed by atoms with Crippen LogP contribution in [-0.2, 0) is 50.5 Å². The third-order valence-electron chi connectivity index (χ3n) is 3.93. The van der Waals surface area contributed by atoms with E-state index in [-0.39, 0.29) is 8.64 Å². The number of H-pyrrole nitrogens is 2. The third-order valence-corrected chi connectivity index (χ3v) is 6.84. The molecule has 4 rings (SSSR count). The number of aromatic amines is 2. The van der Waals surface area contributed by atoms with E-state index in [2.05, 4.69) is 45.2 Å². The normalized spacial score (nSPS) is 9.49. The van der Waals surface area contributed by atoms with Crippen molar-refractivity contribution in [2.24, 2.45) is 0 Å². The molecule has 204 valence electrons. The molecule has 0 amide bonds. The summed E-state index contributed by atoms with van der Waals surface area (Å²) >= 11 is 39.9. The Labute approximate surface area is 283 Å². The van der Waals surface area contributed by atoms with Crippen LogP contribution >= 0.6 is 96.8 Å². The first-order valence-corrected chi connectivity index (χ1v) is 16.4. The SMILES string of the molecule is S=C(S)N(c1ccc[nH]1)N(C(=S)[S-])c1nccs1.S=C(S)N(c1ccc[nH]1)N(C(=S)[S-])c1nccs1.[O]=[Mo+2]=[O]. The molecule has 0 bridgehead atoms. The van der Waals surface area contributed by atoms with Crippen LogP contribution in [0.4, 0.5) is 21.9 Å². The second-order valence-corrected chi connectivity index (χ2v) is 12.5. The van der Waals surface area contributed by atoms with E-state index in [9.17, 15) is 0 Å². The van der Waals surface area contributed by atoms with Gasteiger partial charge in [0.1, 0.15) is 11.6 Å². The van der Waals surface area contributed by atoms with Crippen LogP contribution in [-0.4, -0.2) is 37.2 Å². The van der Waals surface area contributed by atoms with Crippen molar-refractivity contribution in [1.82, 2.24) is 19.9 Å². The van der Waals surface area contributed by atoms with E-state index in [0.29, 0.717) is 18.9 Å². The van der Waals surface area contributed by atoms with Crippen molar-refractivity contribution in [3.63, 3.8) is 0 Å². The van der Waals surface area contributed by atoms with Gasteiger partial charge in [0.15, 0.2) is 8.64 Å². The number of aromatic nitrogens is 4. The van der Waals surface area contributed by atoms with Crippen molar-refractivity contribution >= 4 is 161 Å². The number of hydrogen-bond donors (Lipinski definition) is 4. The first-order chi connectivity index (χ1) is 18.6. The Morgan fingerprint density at radius 1 is 0.769 bits per heavy atom. The molecule has 0 saturated carbocycles. The topological polar surface area (TPSA) is 104 Å². The van der Waals surface area contributed by atoms with Crippen LogP contribution in [0.2, 0.25) is 0 Å². The Balaban J connectivity index is 0.000000249. The zero-order valence-corrected chi connectivity index (χ0v) is 29.2. The van der Waals surface area contributed by atoms with Crippen LogP contribution in [0.25, 0.3) is 0 Å². The summed E-state index contributed by atoms with van der Waals surface area (Å²) in [5.74, 6) is 1.44. The van der Waals surface area contributed by atoms with Gasteiger partial charge in [-0.25, -0.2) is 30.0 Å². The van der Waals surface area contributed by atoms with Crippen molar-refractivity contribution in [2.45, 2.75) is 0 Å². The van der Waals surface area contributed by atoms with Gasteiger partial charge in [0, 0.05) is 35.5 Å². The van der Waals surface area contributed by atoms with Gasteiger partial charge >= 0.3 is 25.3 Å².